The molecule has 0 heterocycles. The normalized spacial score (nSPS) is 11.8. The van der Waals surface area contributed by atoms with Crippen LogP contribution in [0.15, 0.2) is 0 Å². The summed E-state index contributed by atoms with van der Waals surface area (Å²) in [6, 6.07) is 0. The highest BCUT2D eigenvalue weighted by molar-refractivity contribution is 5.62. The van der Waals surface area contributed by atoms with Gasteiger partial charge in [-0.3, -0.25) is 4.79 Å². The van der Waals surface area contributed by atoms with Gasteiger partial charge in [-0.25, -0.2) is 0 Å². The zero-order valence-electron chi connectivity index (χ0n) is 12.1. The highest BCUT2D eigenvalue weighted by Gasteiger charge is 2.32. The number of rotatable bonds is 10. The van der Waals surface area contributed by atoms with Gasteiger partial charge in [0, 0.05) is 6.92 Å². The van der Waals surface area contributed by atoms with E-state index in [-0.39, 0.29) is 13.2 Å². The molecule has 21 heavy (non-hydrogen) atoms. The van der Waals surface area contributed by atoms with Crippen LogP contribution in [0, 0.1) is 10.8 Å². The van der Waals surface area contributed by atoms with Gasteiger partial charge in [0.15, 0.2) is 0 Å². The van der Waals surface area contributed by atoms with E-state index in [4.69, 9.17) is 45.3 Å². The summed E-state index contributed by atoms with van der Waals surface area (Å²) in [7, 11) is 0. The molecule has 0 unspecified atom stereocenters. The van der Waals surface area contributed by atoms with Gasteiger partial charge in [-0.1, -0.05) is 0 Å². The second-order valence-corrected chi connectivity index (χ2v) is 4.96. The Balaban J connectivity index is 0. The predicted octanol–water partition coefficient (Wildman–Crippen LogP) is -2.98. The molecule has 9 nitrogen and oxygen atoms in total. The van der Waals surface area contributed by atoms with Crippen molar-refractivity contribution >= 4 is 5.97 Å². The van der Waals surface area contributed by atoms with E-state index in [1.807, 2.05) is 0 Å². The van der Waals surface area contributed by atoms with Crippen LogP contribution in [-0.4, -0.2) is 94.6 Å². The molecule has 0 saturated carbocycles. The van der Waals surface area contributed by atoms with Gasteiger partial charge in [0.05, 0.1) is 63.7 Å². The first-order valence-corrected chi connectivity index (χ1v) is 6.23. The van der Waals surface area contributed by atoms with Crippen LogP contribution >= 0.6 is 0 Å². The zero-order valence-corrected chi connectivity index (χ0v) is 12.1. The van der Waals surface area contributed by atoms with Gasteiger partial charge in [0.2, 0.25) is 0 Å². The van der Waals surface area contributed by atoms with Crippen molar-refractivity contribution in [2.45, 2.75) is 6.92 Å². The number of hydrogen-bond acceptors (Lipinski definition) is 8. The maximum absolute atomic E-state index is 9.03. The van der Waals surface area contributed by atoms with Crippen molar-refractivity contribution in [2.24, 2.45) is 10.8 Å². The third-order valence-corrected chi connectivity index (χ3v) is 2.83. The molecule has 0 aromatic rings. The first-order valence-electron chi connectivity index (χ1n) is 6.23. The largest absolute Gasteiger partial charge is 0.481 e. The Bertz CT molecular complexity index is 221. The molecule has 128 valence electrons. The second-order valence-electron chi connectivity index (χ2n) is 4.96. The number of ether oxygens (including phenoxy) is 1. The quantitative estimate of drug-likeness (QED) is 0.222. The van der Waals surface area contributed by atoms with Gasteiger partial charge in [-0.05, 0) is 0 Å². The average Bonchev–Trinajstić information content (AvgIpc) is 2.48. The Hall–Kier alpha value is -0.810. The van der Waals surface area contributed by atoms with E-state index in [9.17, 15) is 0 Å². The number of aliphatic hydroxyl groups is 6. The van der Waals surface area contributed by atoms with Gasteiger partial charge < -0.3 is 40.5 Å². The Labute approximate surface area is 123 Å². The van der Waals surface area contributed by atoms with E-state index in [1.165, 1.54) is 0 Å². The summed E-state index contributed by atoms with van der Waals surface area (Å²) >= 11 is 0. The summed E-state index contributed by atoms with van der Waals surface area (Å²) in [4.78, 5) is 9.00. The zero-order chi connectivity index (χ0) is 16.9. The Morgan fingerprint density at radius 3 is 1.10 bits per heavy atom. The summed E-state index contributed by atoms with van der Waals surface area (Å²) in [5.74, 6) is -0.833. The van der Waals surface area contributed by atoms with Crippen LogP contribution in [-0.2, 0) is 9.53 Å². The number of carboxylic acid groups (broad SMARTS) is 1. The van der Waals surface area contributed by atoms with E-state index in [1.54, 1.807) is 0 Å². The average molecular weight is 314 g/mol. The highest BCUT2D eigenvalue weighted by Crippen LogP contribution is 2.19. The molecule has 9 heteroatoms. The molecular formula is C12H26O9. The number of aliphatic hydroxyl groups excluding tert-OH is 6. The first kappa shape index (κ1) is 22.5. The van der Waals surface area contributed by atoms with E-state index in [2.05, 4.69) is 0 Å². The van der Waals surface area contributed by atoms with Gasteiger partial charge in [-0.2, -0.15) is 0 Å². The smallest absolute Gasteiger partial charge is 0.300 e. The number of carboxylic acids is 1. The van der Waals surface area contributed by atoms with Crippen LogP contribution in [0.4, 0.5) is 0 Å². The second kappa shape index (κ2) is 11.8. The molecule has 7 N–H and O–H groups in total. The van der Waals surface area contributed by atoms with Crippen LogP contribution < -0.4 is 0 Å². The molecule has 0 fully saturated rings. The van der Waals surface area contributed by atoms with Gasteiger partial charge in [0.25, 0.3) is 5.97 Å². The van der Waals surface area contributed by atoms with Crippen molar-refractivity contribution in [3.05, 3.63) is 0 Å². The summed E-state index contributed by atoms with van der Waals surface area (Å²) in [5.41, 5.74) is -2.32. The topological polar surface area (TPSA) is 168 Å². The van der Waals surface area contributed by atoms with Gasteiger partial charge in [0.1, 0.15) is 0 Å². The third kappa shape index (κ3) is 8.94. The Morgan fingerprint density at radius 1 is 0.762 bits per heavy atom. The molecule has 0 aromatic carbocycles. The molecule has 0 rings (SSSR count). The molecule has 0 aliphatic rings. The number of carbonyl (C=O) groups is 1. The lowest BCUT2D eigenvalue weighted by molar-refractivity contribution is -0.134. The van der Waals surface area contributed by atoms with Crippen LogP contribution in [0.3, 0.4) is 0 Å². The highest BCUT2D eigenvalue weighted by atomic mass is 16.5. The van der Waals surface area contributed by atoms with Crippen LogP contribution in [0.25, 0.3) is 0 Å². The monoisotopic (exact) mass is 314 g/mol. The summed E-state index contributed by atoms with van der Waals surface area (Å²) in [6.45, 7) is -1.92. The molecule has 0 bridgehead atoms. The number of aliphatic carboxylic acids is 1. The minimum absolute atomic E-state index is 0.141. The lowest BCUT2D eigenvalue weighted by Crippen LogP contribution is -2.43. The molecule has 0 aliphatic carbocycles. The number of hydrogen-bond donors (Lipinski definition) is 7. The van der Waals surface area contributed by atoms with E-state index in [0.29, 0.717) is 0 Å². The molecule has 0 radical (unpaired) electrons. The Kier molecular flexibility index (Phi) is 12.6. The molecule has 0 saturated heterocycles. The molecule has 0 amide bonds. The lowest BCUT2D eigenvalue weighted by atomic mass is 9.91. The van der Waals surface area contributed by atoms with E-state index in [0.717, 1.165) is 6.92 Å². The van der Waals surface area contributed by atoms with Crippen molar-refractivity contribution in [1.29, 1.82) is 0 Å². The molecule has 0 atom stereocenters. The van der Waals surface area contributed by atoms with Gasteiger partial charge in [-0.15, -0.1) is 0 Å². The first-order chi connectivity index (χ1) is 9.80. The SMILES string of the molecule is CC(=O)O.OCC(CO)(CO)COCC(CO)(CO)CO. The van der Waals surface area contributed by atoms with Crippen molar-refractivity contribution in [1.82, 2.24) is 0 Å². The minimum atomic E-state index is -1.16. The van der Waals surface area contributed by atoms with Crippen molar-refractivity contribution < 1.29 is 45.3 Å². The van der Waals surface area contributed by atoms with E-state index >= 15 is 0 Å². The summed E-state index contributed by atoms with van der Waals surface area (Å²) in [5, 5.41) is 61.6. The van der Waals surface area contributed by atoms with Crippen LogP contribution in [0.1, 0.15) is 6.92 Å². The lowest BCUT2D eigenvalue weighted by Gasteiger charge is -2.31. The maximum Gasteiger partial charge on any atom is 0.300 e. The van der Waals surface area contributed by atoms with Crippen molar-refractivity contribution in [2.75, 3.05) is 52.9 Å². The van der Waals surface area contributed by atoms with Gasteiger partial charge >= 0.3 is 0 Å². The fourth-order valence-electron chi connectivity index (χ4n) is 1.06. The van der Waals surface area contributed by atoms with E-state index < -0.39 is 56.4 Å². The standard InChI is InChI=1S/C10H22O7.C2H4O2/c11-1-9(2-12,3-13)7-17-8-10(4-14,5-15)6-16;1-2(3)4/h11-16H,1-8H2;1H3,(H,3,4). The van der Waals surface area contributed by atoms with Crippen LogP contribution in [0.2, 0.25) is 0 Å². The maximum atomic E-state index is 9.03. The summed E-state index contributed by atoms with van der Waals surface area (Å²) in [6.07, 6.45) is 0. The summed E-state index contributed by atoms with van der Waals surface area (Å²) < 4.78 is 5.15. The van der Waals surface area contributed by atoms with Crippen LogP contribution in [0.5, 0.6) is 0 Å². The third-order valence-electron chi connectivity index (χ3n) is 2.83. The van der Waals surface area contributed by atoms with Crippen molar-refractivity contribution in [3.8, 4) is 0 Å². The fraction of sp³-hybridized carbons (Fsp3) is 0.917. The predicted molar refractivity (Wildman–Crippen MR) is 71.5 cm³/mol. The fourth-order valence-corrected chi connectivity index (χ4v) is 1.06. The molecule has 0 aromatic heterocycles. The Morgan fingerprint density at radius 2 is 0.952 bits per heavy atom. The minimum Gasteiger partial charge on any atom is -0.481 e. The molecular weight excluding hydrogens is 288 g/mol. The molecule has 0 aliphatic heterocycles. The molecule has 0 spiro atoms. The van der Waals surface area contributed by atoms with Crippen molar-refractivity contribution in [3.63, 3.8) is 0 Å².